The van der Waals surface area contributed by atoms with Gasteiger partial charge in [0.25, 0.3) is 0 Å². The number of carboxylic acids is 1. The Kier molecular flexibility index (Phi) is 5.99. The molecule has 1 aromatic carbocycles. The Morgan fingerprint density at radius 3 is 2.23 bits per heavy atom. The van der Waals surface area contributed by atoms with Crippen LogP contribution in [0.25, 0.3) is 0 Å². The third-order valence-corrected chi connectivity index (χ3v) is 4.59. The molecule has 1 fully saturated rings. The van der Waals surface area contributed by atoms with Crippen molar-refractivity contribution in [3.63, 3.8) is 0 Å². The molecule has 1 aliphatic carbocycles. The van der Waals surface area contributed by atoms with Gasteiger partial charge in [0, 0.05) is 19.5 Å². The molecular formula is C18H25NO3. The van der Waals surface area contributed by atoms with Crippen LogP contribution >= 0.6 is 0 Å². The standard InChI is InChI=1S/C18H25NO3/c1-19(16-6-4-2-3-5-7-16)17(20)13-10-14-8-11-15(12-9-14)18(21)22/h8-9,11-12,16H,2-7,10,13H2,1H3,(H,21,22). The number of nitrogens with zero attached hydrogens (tertiary/aromatic N) is 1. The maximum atomic E-state index is 12.3. The molecule has 1 aromatic rings. The zero-order valence-electron chi connectivity index (χ0n) is 13.3. The van der Waals surface area contributed by atoms with E-state index in [0.717, 1.165) is 18.4 Å². The summed E-state index contributed by atoms with van der Waals surface area (Å²) in [4.78, 5) is 25.1. The van der Waals surface area contributed by atoms with Crippen molar-refractivity contribution in [2.24, 2.45) is 0 Å². The zero-order chi connectivity index (χ0) is 15.9. The molecule has 1 amide bonds. The third-order valence-electron chi connectivity index (χ3n) is 4.59. The van der Waals surface area contributed by atoms with Gasteiger partial charge in [0.05, 0.1) is 5.56 Å². The van der Waals surface area contributed by atoms with E-state index in [2.05, 4.69) is 0 Å². The van der Waals surface area contributed by atoms with Crippen LogP contribution in [-0.4, -0.2) is 35.0 Å². The van der Waals surface area contributed by atoms with Gasteiger partial charge in [-0.2, -0.15) is 0 Å². The summed E-state index contributed by atoms with van der Waals surface area (Å²) in [7, 11) is 1.92. The van der Waals surface area contributed by atoms with E-state index in [9.17, 15) is 9.59 Å². The minimum Gasteiger partial charge on any atom is -0.478 e. The Hall–Kier alpha value is -1.84. The molecule has 0 bridgehead atoms. The number of aromatic carboxylic acids is 1. The Morgan fingerprint density at radius 2 is 1.68 bits per heavy atom. The first-order valence-corrected chi connectivity index (χ1v) is 8.16. The SMILES string of the molecule is CN(C(=O)CCc1ccc(C(=O)O)cc1)C1CCCCCC1. The second-order valence-corrected chi connectivity index (χ2v) is 6.15. The molecule has 1 N–H and O–H groups in total. The molecule has 22 heavy (non-hydrogen) atoms. The topological polar surface area (TPSA) is 57.6 Å². The Labute approximate surface area is 132 Å². The van der Waals surface area contributed by atoms with Crippen LogP contribution in [0.4, 0.5) is 0 Å². The van der Waals surface area contributed by atoms with E-state index in [1.807, 2.05) is 11.9 Å². The molecule has 1 saturated carbocycles. The lowest BCUT2D eigenvalue weighted by atomic mass is 10.0. The summed E-state index contributed by atoms with van der Waals surface area (Å²) >= 11 is 0. The molecule has 0 spiro atoms. The predicted molar refractivity (Wildman–Crippen MR) is 86.0 cm³/mol. The number of amides is 1. The molecule has 4 nitrogen and oxygen atoms in total. The van der Waals surface area contributed by atoms with Crippen molar-refractivity contribution in [2.45, 2.75) is 57.4 Å². The van der Waals surface area contributed by atoms with Crippen LogP contribution in [0.1, 0.15) is 60.9 Å². The van der Waals surface area contributed by atoms with Gasteiger partial charge < -0.3 is 10.0 Å². The molecule has 0 aromatic heterocycles. The normalized spacial score (nSPS) is 16.0. The van der Waals surface area contributed by atoms with Crippen LogP contribution in [0.5, 0.6) is 0 Å². The molecule has 0 saturated heterocycles. The highest BCUT2D eigenvalue weighted by molar-refractivity contribution is 5.87. The quantitative estimate of drug-likeness (QED) is 0.847. The highest BCUT2D eigenvalue weighted by atomic mass is 16.4. The molecule has 2 rings (SSSR count). The summed E-state index contributed by atoms with van der Waals surface area (Å²) in [5.74, 6) is -0.732. The van der Waals surface area contributed by atoms with Crippen LogP contribution in [0.2, 0.25) is 0 Å². The Morgan fingerprint density at radius 1 is 1.09 bits per heavy atom. The maximum absolute atomic E-state index is 12.3. The summed E-state index contributed by atoms with van der Waals surface area (Å²) in [5, 5.41) is 8.87. The number of carbonyl (C=O) groups excluding carboxylic acids is 1. The van der Waals surface area contributed by atoms with Gasteiger partial charge in [0.1, 0.15) is 0 Å². The van der Waals surface area contributed by atoms with Crippen LogP contribution in [0, 0.1) is 0 Å². The molecule has 0 aliphatic heterocycles. The smallest absolute Gasteiger partial charge is 0.335 e. The fourth-order valence-corrected chi connectivity index (χ4v) is 3.09. The van der Waals surface area contributed by atoms with E-state index in [1.165, 1.54) is 25.7 Å². The fraction of sp³-hybridized carbons (Fsp3) is 0.556. The number of rotatable bonds is 5. The summed E-state index contributed by atoms with van der Waals surface area (Å²) in [6.45, 7) is 0. The number of carbonyl (C=O) groups is 2. The molecule has 0 heterocycles. The minimum absolute atomic E-state index is 0.189. The molecule has 0 atom stereocenters. The first kappa shape index (κ1) is 16.5. The lowest BCUT2D eigenvalue weighted by Crippen LogP contribution is -2.36. The monoisotopic (exact) mass is 303 g/mol. The van der Waals surface area contributed by atoms with Crippen LogP contribution in [-0.2, 0) is 11.2 Å². The van der Waals surface area contributed by atoms with Crippen molar-refractivity contribution in [1.29, 1.82) is 0 Å². The van der Waals surface area contributed by atoms with Crippen LogP contribution in [0.3, 0.4) is 0 Å². The van der Waals surface area contributed by atoms with Gasteiger partial charge in [-0.1, -0.05) is 37.8 Å². The average molecular weight is 303 g/mol. The number of carboxylic acid groups (broad SMARTS) is 1. The second-order valence-electron chi connectivity index (χ2n) is 6.15. The Balaban J connectivity index is 1.84. The van der Waals surface area contributed by atoms with E-state index in [1.54, 1.807) is 24.3 Å². The van der Waals surface area contributed by atoms with Gasteiger partial charge in [0.2, 0.25) is 5.91 Å². The van der Waals surface area contributed by atoms with Gasteiger partial charge >= 0.3 is 5.97 Å². The fourth-order valence-electron chi connectivity index (χ4n) is 3.09. The summed E-state index contributed by atoms with van der Waals surface area (Å²) < 4.78 is 0. The van der Waals surface area contributed by atoms with E-state index in [4.69, 9.17) is 5.11 Å². The lowest BCUT2D eigenvalue weighted by molar-refractivity contribution is -0.132. The lowest BCUT2D eigenvalue weighted by Gasteiger charge is -2.27. The number of hydrogen-bond acceptors (Lipinski definition) is 2. The minimum atomic E-state index is -0.921. The third kappa shape index (κ3) is 4.58. The van der Waals surface area contributed by atoms with Gasteiger partial charge in [0.15, 0.2) is 0 Å². The summed E-state index contributed by atoms with van der Waals surface area (Å²) in [6, 6.07) is 7.17. The second kappa shape index (κ2) is 7.97. The molecule has 0 radical (unpaired) electrons. The van der Waals surface area contributed by atoms with Crippen molar-refractivity contribution < 1.29 is 14.7 Å². The first-order chi connectivity index (χ1) is 10.6. The van der Waals surface area contributed by atoms with Gasteiger partial charge in [-0.05, 0) is 37.0 Å². The predicted octanol–water partition coefficient (Wildman–Crippen LogP) is 3.50. The first-order valence-electron chi connectivity index (χ1n) is 8.16. The molecule has 120 valence electrons. The van der Waals surface area contributed by atoms with Crippen LogP contribution in [0.15, 0.2) is 24.3 Å². The van der Waals surface area contributed by atoms with Gasteiger partial charge in [-0.25, -0.2) is 4.79 Å². The molecular weight excluding hydrogens is 278 g/mol. The summed E-state index contributed by atoms with van der Waals surface area (Å²) in [5.41, 5.74) is 1.29. The number of benzene rings is 1. The maximum Gasteiger partial charge on any atom is 0.335 e. The van der Waals surface area contributed by atoms with E-state index >= 15 is 0 Å². The average Bonchev–Trinajstić information content (AvgIpc) is 2.81. The van der Waals surface area contributed by atoms with Crippen molar-refractivity contribution in [3.05, 3.63) is 35.4 Å². The number of hydrogen-bond donors (Lipinski definition) is 1. The van der Waals surface area contributed by atoms with Gasteiger partial charge in [-0.3, -0.25) is 4.79 Å². The van der Waals surface area contributed by atoms with E-state index < -0.39 is 5.97 Å². The zero-order valence-corrected chi connectivity index (χ0v) is 13.3. The van der Waals surface area contributed by atoms with Crippen molar-refractivity contribution in [3.8, 4) is 0 Å². The highest BCUT2D eigenvalue weighted by Crippen LogP contribution is 2.21. The van der Waals surface area contributed by atoms with Crippen molar-refractivity contribution in [2.75, 3.05) is 7.05 Å². The Bertz CT molecular complexity index is 502. The summed E-state index contributed by atoms with van der Waals surface area (Å²) in [6.07, 6.45) is 8.40. The van der Waals surface area contributed by atoms with E-state index in [-0.39, 0.29) is 11.5 Å². The van der Waals surface area contributed by atoms with Crippen molar-refractivity contribution >= 4 is 11.9 Å². The molecule has 1 aliphatic rings. The number of aryl methyl sites for hydroxylation is 1. The molecule has 0 unspecified atom stereocenters. The van der Waals surface area contributed by atoms with Crippen LogP contribution < -0.4 is 0 Å². The highest BCUT2D eigenvalue weighted by Gasteiger charge is 2.20. The van der Waals surface area contributed by atoms with Gasteiger partial charge in [-0.15, -0.1) is 0 Å². The largest absolute Gasteiger partial charge is 0.478 e. The van der Waals surface area contributed by atoms with E-state index in [0.29, 0.717) is 18.9 Å². The van der Waals surface area contributed by atoms with Crippen molar-refractivity contribution in [1.82, 2.24) is 4.90 Å². The molecule has 4 heteroatoms.